The highest BCUT2D eigenvalue weighted by Gasteiger charge is 2.36. The van der Waals surface area contributed by atoms with Gasteiger partial charge in [-0.25, -0.2) is 0 Å². The third-order valence-electron chi connectivity index (χ3n) is 3.80. The maximum Gasteiger partial charge on any atom is 0.0759 e. The summed E-state index contributed by atoms with van der Waals surface area (Å²) in [6.07, 6.45) is 5.31. The van der Waals surface area contributed by atoms with E-state index >= 15 is 0 Å². The topological polar surface area (TPSA) is 21.3 Å². The van der Waals surface area contributed by atoms with Crippen molar-refractivity contribution in [1.82, 2.24) is 5.32 Å². The minimum absolute atomic E-state index is 0.386. The van der Waals surface area contributed by atoms with Gasteiger partial charge in [0, 0.05) is 12.6 Å². The summed E-state index contributed by atoms with van der Waals surface area (Å²) in [5.41, 5.74) is 1.40. The van der Waals surface area contributed by atoms with E-state index in [1.807, 2.05) is 0 Å². The van der Waals surface area contributed by atoms with E-state index in [1.54, 1.807) is 0 Å². The van der Waals surface area contributed by atoms with Crippen LogP contribution in [0.25, 0.3) is 0 Å². The van der Waals surface area contributed by atoms with Gasteiger partial charge in [0.1, 0.15) is 0 Å². The van der Waals surface area contributed by atoms with E-state index in [-0.39, 0.29) is 0 Å². The average molecular weight is 261 g/mol. The molecule has 0 heterocycles. The molecule has 0 spiro atoms. The van der Waals surface area contributed by atoms with Gasteiger partial charge in [0.25, 0.3) is 0 Å². The second-order valence-electron chi connectivity index (χ2n) is 5.51. The zero-order chi connectivity index (χ0) is 13.5. The highest BCUT2D eigenvalue weighted by Crippen LogP contribution is 2.36. The van der Waals surface area contributed by atoms with Crippen molar-refractivity contribution < 1.29 is 4.74 Å². The van der Waals surface area contributed by atoms with Gasteiger partial charge in [0.05, 0.1) is 6.10 Å². The summed E-state index contributed by atoms with van der Waals surface area (Å²) in [4.78, 5) is 0. The van der Waals surface area contributed by atoms with Crippen LogP contribution in [0.4, 0.5) is 0 Å². The maximum atomic E-state index is 6.03. The SMILES string of the molecule is CCCNC(Cc1ccccc1)C(OCC)C1CC1. The van der Waals surface area contributed by atoms with Gasteiger partial charge in [-0.05, 0) is 50.6 Å². The van der Waals surface area contributed by atoms with Crippen LogP contribution in [-0.4, -0.2) is 25.3 Å². The van der Waals surface area contributed by atoms with Gasteiger partial charge >= 0.3 is 0 Å². The van der Waals surface area contributed by atoms with E-state index in [9.17, 15) is 0 Å². The Morgan fingerprint density at radius 1 is 1.21 bits per heavy atom. The largest absolute Gasteiger partial charge is 0.377 e. The molecule has 106 valence electrons. The first-order chi connectivity index (χ1) is 9.35. The van der Waals surface area contributed by atoms with Crippen LogP contribution in [0.2, 0.25) is 0 Å². The van der Waals surface area contributed by atoms with Crippen LogP contribution in [0.15, 0.2) is 30.3 Å². The molecule has 2 unspecified atom stereocenters. The molecule has 1 fully saturated rings. The van der Waals surface area contributed by atoms with Gasteiger partial charge < -0.3 is 10.1 Å². The molecule has 19 heavy (non-hydrogen) atoms. The third-order valence-corrected chi connectivity index (χ3v) is 3.80. The fraction of sp³-hybridized carbons (Fsp3) is 0.647. The molecule has 0 aliphatic heterocycles. The van der Waals surface area contributed by atoms with Crippen molar-refractivity contribution in [3.05, 3.63) is 35.9 Å². The predicted molar refractivity (Wildman–Crippen MR) is 80.4 cm³/mol. The molecule has 1 aromatic carbocycles. The number of hydrogen-bond donors (Lipinski definition) is 1. The van der Waals surface area contributed by atoms with Crippen LogP contribution in [0.1, 0.15) is 38.7 Å². The van der Waals surface area contributed by atoms with Crippen molar-refractivity contribution >= 4 is 0 Å². The van der Waals surface area contributed by atoms with Gasteiger partial charge in [-0.1, -0.05) is 37.3 Å². The number of benzene rings is 1. The average Bonchev–Trinajstić information content (AvgIpc) is 3.27. The fourth-order valence-electron chi connectivity index (χ4n) is 2.70. The zero-order valence-electron chi connectivity index (χ0n) is 12.3. The lowest BCUT2D eigenvalue weighted by atomic mass is 9.98. The summed E-state index contributed by atoms with van der Waals surface area (Å²) in [5, 5.41) is 3.70. The second-order valence-corrected chi connectivity index (χ2v) is 5.51. The minimum Gasteiger partial charge on any atom is -0.377 e. The molecule has 0 bridgehead atoms. The minimum atomic E-state index is 0.386. The van der Waals surface area contributed by atoms with Crippen molar-refractivity contribution in [3.8, 4) is 0 Å². The number of ether oxygens (including phenoxy) is 1. The summed E-state index contributed by atoms with van der Waals surface area (Å²) in [5.74, 6) is 0.776. The number of hydrogen-bond acceptors (Lipinski definition) is 2. The highest BCUT2D eigenvalue weighted by molar-refractivity contribution is 5.16. The molecule has 2 heteroatoms. The van der Waals surface area contributed by atoms with Crippen molar-refractivity contribution in [3.63, 3.8) is 0 Å². The second kappa shape index (κ2) is 7.66. The molecule has 1 saturated carbocycles. The molecular weight excluding hydrogens is 234 g/mol. The Kier molecular flexibility index (Phi) is 5.87. The molecule has 1 aliphatic carbocycles. The Labute approximate surface area is 117 Å². The lowest BCUT2D eigenvalue weighted by Gasteiger charge is -2.28. The molecule has 2 nitrogen and oxygen atoms in total. The first kappa shape index (κ1) is 14.5. The van der Waals surface area contributed by atoms with Crippen LogP contribution in [0.5, 0.6) is 0 Å². The molecule has 2 rings (SSSR count). The first-order valence-corrected chi connectivity index (χ1v) is 7.74. The molecule has 0 aromatic heterocycles. The van der Waals surface area contributed by atoms with Crippen LogP contribution in [0, 0.1) is 5.92 Å². The fourth-order valence-corrected chi connectivity index (χ4v) is 2.70. The standard InChI is InChI=1S/C17H27NO/c1-3-12-18-16(13-14-8-6-5-7-9-14)17(19-4-2)15-10-11-15/h5-9,15-18H,3-4,10-13H2,1-2H3. The number of nitrogens with one attached hydrogen (secondary N) is 1. The Morgan fingerprint density at radius 3 is 2.53 bits per heavy atom. The van der Waals surface area contributed by atoms with Crippen molar-refractivity contribution in [2.24, 2.45) is 5.92 Å². The molecule has 1 aromatic rings. The monoisotopic (exact) mass is 261 g/mol. The summed E-state index contributed by atoms with van der Waals surface area (Å²) in [6, 6.07) is 11.2. The third kappa shape index (κ3) is 4.63. The summed E-state index contributed by atoms with van der Waals surface area (Å²) in [6.45, 7) is 6.22. The van der Waals surface area contributed by atoms with Crippen molar-refractivity contribution in [1.29, 1.82) is 0 Å². The van der Waals surface area contributed by atoms with Gasteiger partial charge in [0.2, 0.25) is 0 Å². The van der Waals surface area contributed by atoms with Gasteiger partial charge in [-0.15, -0.1) is 0 Å². The number of rotatable bonds is 9. The smallest absolute Gasteiger partial charge is 0.0759 e. The lowest BCUT2D eigenvalue weighted by molar-refractivity contribution is 0.0192. The van der Waals surface area contributed by atoms with E-state index in [0.717, 1.165) is 25.5 Å². The summed E-state index contributed by atoms with van der Waals surface area (Å²) < 4.78 is 6.03. The van der Waals surface area contributed by atoms with Crippen molar-refractivity contribution in [2.75, 3.05) is 13.2 Å². The Bertz CT molecular complexity index is 348. The van der Waals surface area contributed by atoms with Crippen LogP contribution in [0.3, 0.4) is 0 Å². The molecule has 0 saturated heterocycles. The maximum absolute atomic E-state index is 6.03. The quantitative estimate of drug-likeness (QED) is 0.735. The zero-order valence-corrected chi connectivity index (χ0v) is 12.3. The Balaban J connectivity index is 2.00. The van der Waals surface area contributed by atoms with Gasteiger partial charge in [0.15, 0.2) is 0 Å². The van der Waals surface area contributed by atoms with E-state index in [1.165, 1.54) is 24.8 Å². The normalized spacial score (nSPS) is 18.2. The molecule has 1 aliphatic rings. The Morgan fingerprint density at radius 2 is 1.95 bits per heavy atom. The van der Waals surface area contributed by atoms with Crippen LogP contribution in [-0.2, 0) is 11.2 Å². The molecule has 1 N–H and O–H groups in total. The molecule has 0 amide bonds. The van der Waals surface area contributed by atoms with Crippen LogP contribution >= 0.6 is 0 Å². The van der Waals surface area contributed by atoms with Gasteiger partial charge in [-0.3, -0.25) is 0 Å². The van der Waals surface area contributed by atoms with E-state index in [0.29, 0.717) is 12.1 Å². The van der Waals surface area contributed by atoms with E-state index in [2.05, 4.69) is 49.5 Å². The molecular formula is C17H27NO. The summed E-state index contributed by atoms with van der Waals surface area (Å²) >= 11 is 0. The molecule has 2 atom stereocenters. The van der Waals surface area contributed by atoms with Crippen LogP contribution < -0.4 is 5.32 Å². The highest BCUT2D eigenvalue weighted by atomic mass is 16.5. The summed E-state index contributed by atoms with van der Waals surface area (Å²) in [7, 11) is 0. The Hall–Kier alpha value is -0.860. The molecule has 0 radical (unpaired) electrons. The van der Waals surface area contributed by atoms with E-state index < -0.39 is 0 Å². The van der Waals surface area contributed by atoms with E-state index in [4.69, 9.17) is 4.74 Å². The van der Waals surface area contributed by atoms with Crippen molar-refractivity contribution in [2.45, 2.75) is 51.7 Å². The van der Waals surface area contributed by atoms with Gasteiger partial charge in [-0.2, -0.15) is 0 Å². The predicted octanol–water partition coefficient (Wildman–Crippen LogP) is 3.41. The first-order valence-electron chi connectivity index (χ1n) is 7.74. The lowest BCUT2D eigenvalue weighted by Crippen LogP contribution is -2.44.